The SMILES string of the molecule is CNC(=O)CCC1C=CC2=c3c(N)cccc3=NC2=C1. The molecule has 0 bridgehead atoms. The maximum atomic E-state index is 11.3. The molecule has 1 heterocycles. The van der Waals surface area contributed by atoms with Gasteiger partial charge in [0.2, 0.25) is 5.91 Å². The van der Waals surface area contributed by atoms with Crippen molar-refractivity contribution in [3.05, 3.63) is 52.7 Å². The van der Waals surface area contributed by atoms with E-state index in [0.29, 0.717) is 6.42 Å². The van der Waals surface area contributed by atoms with Gasteiger partial charge in [-0.2, -0.15) is 0 Å². The third-order valence-corrected chi connectivity index (χ3v) is 3.73. The number of benzene rings is 1. The van der Waals surface area contributed by atoms with Crippen molar-refractivity contribution in [1.82, 2.24) is 5.32 Å². The smallest absolute Gasteiger partial charge is 0.219 e. The van der Waals surface area contributed by atoms with Crippen molar-refractivity contribution in [1.29, 1.82) is 0 Å². The first kappa shape index (κ1) is 12.7. The lowest BCUT2D eigenvalue weighted by Crippen LogP contribution is -2.26. The molecule has 1 aliphatic heterocycles. The van der Waals surface area contributed by atoms with Gasteiger partial charge in [0.1, 0.15) is 0 Å². The third-order valence-electron chi connectivity index (χ3n) is 3.73. The molecular formula is C16H17N3O. The predicted molar refractivity (Wildman–Crippen MR) is 79.1 cm³/mol. The summed E-state index contributed by atoms with van der Waals surface area (Å²) in [6.07, 6.45) is 7.65. The summed E-state index contributed by atoms with van der Waals surface area (Å²) >= 11 is 0. The number of fused-ring (bicyclic) bond motifs is 2. The second-order valence-electron chi connectivity index (χ2n) is 5.05. The van der Waals surface area contributed by atoms with Crippen molar-refractivity contribution >= 4 is 17.2 Å². The van der Waals surface area contributed by atoms with Gasteiger partial charge in [-0.05, 0) is 24.5 Å². The maximum Gasteiger partial charge on any atom is 0.219 e. The van der Waals surface area contributed by atoms with Gasteiger partial charge < -0.3 is 11.1 Å². The van der Waals surface area contributed by atoms with E-state index in [1.54, 1.807) is 7.05 Å². The molecule has 1 amide bonds. The van der Waals surface area contributed by atoms with Crippen molar-refractivity contribution in [2.75, 3.05) is 12.8 Å². The van der Waals surface area contributed by atoms with Crippen LogP contribution in [0.5, 0.6) is 0 Å². The van der Waals surface area contributed by atoms with Crippen molar-refractivity contribution in [2.24, 2.45) is 10.9 Å². The van der Waals surface area contributed by atoms with Gasteiger partial charge in [0.25, 0.3) is 0 Å². The van der Waals surface area contributed by atoms with Crippen molar-refractivity contribution < 1.29 is 4.79 Å². The Morgan fingerprint density at radius 1 is 1.45 bits per heavy atom. The number of nitrogens with zero attached hydrogens (tertiary/aromatic N) is 1. The molecule has 20 heavy (non-hydrogen) atoms. The number of allylic oxidation sites excluding steroid dienone is 3. The largest absolute Gasteiger partial charge is 0.398 e. The summed E-state index contributed by atoms with van der Waals surface area (Å²) in [6, 6.07) is 5.80. The molecule has 102 valence electrons. The van der Waals surface area contributed by atoms with Gasteiger partial charge in [-0.15, -0.1) is 0 Å². The van der Waals surface area contributed by atoms with E-state index in [0.717, 1.165) is 34.0 Å². The first-order valence-electron chi connectivity index (χ1n) is 6.77. The molecule has 3 rings (SSSR count). The van der Waals surface area contributed by atoms with E-state index in [-0.39, 0.29) is 11.8 Å². The second-order valence-corrected chi connectivity index (χ2v) is 5.05. The molecule has 4 nitrogen and oxygen atoms in total. The zero-order valence-corrected chi connectivity index (χ0v) is 11.4. The lowest BCUT2D eigenvalue weighted by Gasteiger charge is -2.13. The average molecular weight is 267 g/mol. The van der Waals surface area contributed by atoms with Crippen LogP contribution in [0.25, 0.3) is 5.57 Å². The Hall–Kier alpha value is -2.36. The molecule has 1 aromatic carbocycles. The fourth-order valence-corrected chi connectivity index (χ4v) is 2.64. The molecule has 0 fully saturated rings. The number of hydrogen-bond donors (Lipinski definition) is 2. The number of nitrogen functional groups attached to an aromatic ring is 1. The van der Waals surface area contributed by atoms with Crippen LogP contribution in [-0.2, 0) is 4.79 Å². The number of rotatable bonds is 3. The van der Waals surface area contributed by atoms with Crippen molar-refractivity contribution in [3.8, 4) is 0 Å². The van der Waals surface area contributed by atoms with Crippen LogP contribution in [0.2, 0.25) is 0 Å². The Morgan fingerprint density at radius 2 is 2.30 bits per heavy atom. The van der Waals surface area contributed by atoms with E-state index in [1.165, 1.54) is 0 Å². The Labute approximate surface area is 117 Å². The average Bonchev–Trinajstić information content (AvgIpc) is 2.83. The quantitative estimate of drug-likeness (QED) is 0.790. The van der Waals surface area contributed by atoms with Gasteiger partial charge in [0.15, 0.2) is 0 Å². The topological polar surface area (TPSA) is 67.5 Å². The molecule has 0 radical (unpaired) electrons. The zero-order chi connectivity index (χ0) is 14.1. The lowest BCUT2D eigenvalue weighted by atomic mass is 9.93. The number of nitrogens with one attached hydrogen (secondary N) is 1. The summed E-state index contributed by atoms with van der Waals surface area (Å²) < 4.78 is 0. The number of anilines is 1. The van der Waals surface area contributed by atoms with E-state index in [9.17, 15) is 4.79 Å². The monoisotopic (exact) mass is 267 g/mol. The number of nitrogens with two attached hydrogens (primary N) is 1. The Morgan fingerprint density at radius 3 is 3.10 bits per heavy atom. The third kappa shape index (κ3) is 2.13. The lowest BCUT2D eigenvalue weighted by molar-refractivity contribution is -0.120. The van der Waals surface area contributed by atoms with Crippen LogP contribution < -0.4 is 21.6 Å². The number of carbonyl (C=O) groups is 1. The Balaban J connectivity index is 1.90. The minimum absolute atomic E-state index is 0.0717. The molecule has 0 saturated carbocycles. The van der Waals surface area contributed by atoms with Crippen LogP contribution in [0.1, 0.15) is 12.8 Å². The molecule has 0 aromatic heterocycles. The molecule has 2 aliphatic rings. The van der Waals surface area contributed by atoms with Crippen LogP contribution in [0, 0.1) is 5.92 Å². The molecule has 0 saturated heterocycles. The van der Waals surface area contributed by atoms with Gasteiger partial charge in [-0.25, -0.2) is 4.99 Å². The van der Waals surface area contributed by atoms with Crippen molar-refractivity contribution in [3.63, 3.8) is 0 Å². The minimum atomic E-state index is 0.0717. The van der Waals surface area contributed by atoms with Gasteiger partial charge in [0, 0.05) is 29.9 Å². The summed E-state index contributed by atoms with van der Waals surface area (Å²) in [6.45, 7) is 0. The van der Waals surface area contributed by atoms with Crippen LogP contribution in [-0.4, -0.2) is 13.0 Å². The molecule has 4 heteroatoms. The van der Waals surface area contributed by atoms with Gasteiger partial charge >= 0.3 is 0 Å². The molecule has 1 aliphatic carbocycles. The molecule has 3 N–H and O–H groups in total. The fourth-order valence-electron chi connectivity index (χ4n) is 2.64. The first-order valence-corrected chi connectivity index (χ1v) is 6.77. The summed E-state index contributed by atoms with van der Waals surface area (Å²) in [4.78, 5) is 15.9. The highest BCUT2D eigenvalue weighted by molar-refractivity contribution is 5.79. The first-order chi connectivity index (χ1) is 9.69. The highest BCUT2D eigenvalue weighted by atomic mass is 16.1. The number of carbonyl (C=O) groups excluding carboxylic acids is 1. The summed E-state index contributed by atoms with van der Waals surface area (Å²) in [5, 5.41) is 4.60. The van der Waals surface area contributed by atoms with Gasteiger partial charge in [-0.1, -0.05) is 24.3 Å². The van der Waals surface area contributed by atoms with Crippen LogP contribution in [0.3, 0.4) is 0 Å². The molecule has 1 aromatic rings. The molecule has 1 atom stereocenters. The van der Waals surface area contributed by atoms with E-state index in [4.69, 9.17) is 5.73 Å². The van der Waals surface area contributed by atoms with E-state index in [2.05, 4.69) is 28.5 Å². The van der Waals surface area contributed by atoms with Crippen LogP contribution in [0.15, 0.2) is 47.1 Å². The predicted octanol–water partition coefficient (Wildman–Crippen LogP) is 0.649. The normalized spacial score (nSPS) is 18.9. The highest BCUT2D eigenvalue weighted by Crippen LogP contribution is 2.27. The van der Waals surface area contributed by atoms with Crippen LogP contribution >= 0.6 is 0 Å². The number of hydrogen-bond acceptors (Lipinski definition) is 3. The fraction of sp³-hybridized carbons (Fsp3) is 0.250. The van der Waals surface area contributed by atoms with Crippen molar-refractivity contribution in [2.45, 2.75) is 12.8 Å². The van der Waals surface area contributed by atoms with E-state index < -0.39 is 0 Å². The summed E-state index contributed by atoms with van der Waals surface area (Å²) in [5.41, 5.74) is 8.86. The number of amides is 1. The maximum absolute atomic E-state index is 11.3. The summed E-state index contributed by atoms with van der Waals surface area (Å²) in [5.74, 6) is 0.327. The molecule has 0 spiro atoms. The Bertz CT molecular complexity index is 743. The molecule has 1 unspecified atom stereocenters. The van der Waals surface area contributed by atoms with Crippen LogP contribution in [0.4, 0.5) is 5.69 Å². The van der Waals surface area contributed by atoms with E-state index >= 15 is 0 Å². The molecular weight excluding hydrogens is 250 g/mol. The summed E-state index contributed by atoms with van der Waals surface area (Å²) in [7, 11) is 1.66. The van der Waals surface area contributed by atoms with E-state index in [1.807, 2.05) is 18.2 Å². The second kappa shape index (κ2) is 4.96. The Kier molecular flexibility index (Phi) is 3.14. The van der Waals surface area contributed by atoms with Gasteiger partial charge in [-0.3, -0.25) is 4.79 Å². The minimum Gasteiger partial charge on any atom is -0.398 e. The standard InChI is InChI=1S/C16H17N3O/c1-18-15(20)8-6-10-5-7-11-14(9-10)19-13-4-2-3-12(17)16(11)13/h2-5,7,9-10H,6,8,17H2,1H3,(H,18,20). The van der Waals surface area contributed by atoms with Gasteiger partial charge in [0.05, 0.1) is 11.1 Å². The highest BCUT2D eigenvalue weighted by Gasteiger charge is 2.18. The zero-order valence-electron chi connectivity index (χ0n) is 11.4.